The summed E-state index contributed by atoms with van der Waals surface area (Å²) in [6, 6.07) is 0. The third-order valence-electron chi connectivity index (χ3n) is 1.98. The molecule has 1 fully saturated rings. The topological polar surface area (TPSA) is 62.1 Å². The Kier molecular flexibility index (Phi) is 3.70. The Hall–Kier alpha value is -1.10. The first-order valence-electron chi connectivity index (χ1n) is 4.27. The van der Waals surface area contributed by atoms with Crippen molar-refractivity contribution in [3.8, 4) is 0 Å². The molecule has 0 aromatic heterocycles. The second kappa shape index (κ2) is 4.81. The van der Waals surface area contributed by atoms with Crippen molar-refractivity contribution in [1.29, 1.82) is 0 Å². The number of rotatable bonds is 2. The largest absolute Gasteiger partial charge is 0.399 e. The van der Waals surface area contributed by atoms with Crippen LogP contribution in [0.5, 0.6) is 0 Å². The van der Waals surface area contributed by atoms with E-state index in [1.807, 2.05) is 0 Å². The third kappa shape index (κ3) is 3.02. The SMILES string of the molecule is CO/N=C/C(=O)N1CCCC(O)C1. The van der Waals surface area contributed by atoms with E-state index >= 15 is 0 Å². The average Bonchev–Trinajstić information content (AvgIpc) is 2.14. The van der Waals surface area contributed by atoms with Gasteiger partial charge >= 0.3 is 0 Å². The minimum Gasteiger partial charge on any atom is -0.399 e. The fourth-order valence-corrected chi connectivity index (χ4v) is 1.33. The van der Waals surface area contributed by atoms with Crippen molar-refractivity contribution < 1.29 is 14.7 Å². The van der Waals surface area contributed by atoms with Gasteiger partial charge in [0.05, 0.1) is 6.10 Å². The van der Waals surface area contributed by atoms with Crippen LogP contribution in [0.25, 0.3) is 0 Å². The molecule has 1 aliphatic heterocycles. The van der Waals surface area contributed by atoms with E-state index in [0.29, 0.717) is 13.1 Å². The lowest BCUT2D eigenvalue weighted by atomic mass is 10.1. The first-order valence-corrected chi connectivity index (χ1v) is 4.27. The highest BCUT2D eigenvalue weighted by Crippen LogP contribution is 2.08. The fourth-order valence-electron chi connectivity index (χ4n) is 1.33. The molecule has 0 spiro atoms. The van der Waals surface area contributed by atoms with Crippen LogP contribution >= 0.6 is 0 Å². The van der Waals surface area contributed by atoms with E-state index in [1.165, 1.54) is 7.11 Å². The van der Waals surface area contributed by atoms with Crippen LogP contribution in [0.4, 0.5) is 0 Å². The number of aliphatic hydroxyl groups is 1. The second-order valence-electron chi connectivity index (χ2n) is 3.00. The van der Waals surface area contributed by atoms with Crippen molar-refractivity contribution in [3.63, 3.8) is 0 Å². The van der Waals surface area contributed by atoms with Crippen LogP contribution in [0.3, 0.4) is 0 Å². The van der Waals surface area contributed by atoms with Crippen LogP contribution in [-0.2, 0) is 9.63 Å². The number of piperidine rings is 1. The Bertz CT molecular complexity index is 206. The summed E-state index contributed by atoms with van der Waals surface area (Å²) in [6.07, 6.45) is 2.34. The lowest BCUT2D eigenvalue weighted by Gasteiger charge is -2.28. The van der Waals surface area contributed by atoms with E-state index in [9.17, 15) is 9.90 Å². The molecular weight excluding hydrogens is 172 g/mol. The van der Waals surface area contributed by atoms with Crippen molar-refractivity contribution in [2.45, 2.75) is 18.9 Å². The summed E-state index contributed by atoms with van der Waals surface area (Å²) in [7, 11) is 1.38. The second-order valence-corrected chi connectivity index (χ2v) is 3.00. The Labute approximate surface area is 77.0 Å². The van der Waals surface area contributed by atoms with E-state index in [2.05, 4.69) is 9.99 Å². The van der Waals surface area contributed by atoms with Gasteiger partial charge in [-0.15, -0.1) is 0 Å². The summed E-state index contributed by atoms with van der Waals surface area (Å²) in [6.45, 7) is 1.08. The molecule has 5 nitrogen and oxygen atoms in total. The standard InChI is InChI=1S/C8H14N2O3/c1-13-9-5-8(12)10-4-2-3-7(11)6-10/h5,7,11H,2-4,6H2,1H3/b9-5+. The molecular formula is C8H14N2O3. The molecule has 0 bridgehead atoms. The smallest absolute Gasteiger partial charge is 0.268 e. The number of aliphatic hydroxyl groups excluding tert-OH is 1. The first kappa shape index (κ1) is 9.98. The van der Waals surface area contributed by atoms with E-state index in [1.54, 1.807) is 4.90 Å². The molecule has 1 atom stereocenters. The Morgan fingerprint density at radius 2 is 2.54 bits per heavy atom. The Morgan fingerprint density at radius 3 is 3.15 bits per heavy atom. The molecule has 1 heterocycles. The maximum Gasteiger partial charge on any atom is 0.268 e. The molecule has 1 saturated heterocycles. The monoisotopic (exact) mass is 186 g/mol. The zero-order valence-electron chi connectivity index (χ0n) is 7.64. The maximum absolute atomic E-state index is 11.3. The minimum absolute atomic E-state index is 0.208. The van der Waals surface area contributed by atoms with Crippen LogP contribution in [-0.4, -0.2) is 48.4 Å². The predicted molar refractivity (Wildman–Crippen MR) is 47.3 cm³/mol. The van der Waals surface area contributed by atoms with E-state index in [-0.39, 0.29) is 5.91 Å². The molecule has 0 aliphatic carbocycles. The van der Waals surface area contributed by atoms with Crippen molar-refractivity contribution in [1.82, 2.24) is 4.90 Å². The van der Waals surface area contributed by atoms with Gasteiger partial charge in [0.2, 0.25) is 0 Å². The van der Waals surface area contributed by atoms with Crippen LogP contribution in [0, 0.1) is 0 Å². The average molecular weight is 186 g/mol. The molecule has 0 radical (unpaired) electrons. The van der Waals surface area contributed by atoms with Gasteiger partial charge in [0.1, 0.15) is 13.3 Å². The molecule has 1 amide bonds. The predicted octanol–water partition coefficient (Wildman–Crippen LogP) is -0.398. The minimum atomic E-state index is -0.395. The van der Waals surface area contributed by atoms with Crippen molar-refractivity contribution in [2.75, 3.05) is 20.2 Å². The lowest BCUT2D eigenvalue weighted by molar-refractivity contribution is -0.126. The van der Waals surface area contributed by atoms with Gasteiger partial charge < -0.3 is 14.8 Å². The van der Waals surface area contributed by atoms with Gasteiger partial charge in [0.15, 0.2) is 0 Å². The summed E-state index contributed by atoms with van der Waals surface area (Å²) in [5.41, 5.74) is 0. The van der Waals surface area contributed by atoms with Gasteiger partial charge in [-0.05, 0) is 12.8 Å². The first-order chi connectivity index (χ1) is 6.24. The molecule has 0 aromatic rings. The molecule has 0 saturated carbocycles. The van der Waals surface area contributed by atoms with Gasteiger partial charge in [-0.2, -0.15) is 0 Å². The van der Waals surface area contributed by atoms with Crippen LogP contribution in [0.15, 0.2) is 5.16 Å². The highest BCUT2D eigenvalue weighted by molar-refractivity contribution is 6.25. The third-order valence-corrected chi connectivity index (χ3v) is 1.98. The van der Waals surface area contributed by atoms with Gasteiger partial charge in [0.25, 0.3) is 5.91 Å². The van der Waals surface area contributed by atoms with E-state index in [0.717, 1.165) is 19.1 Å². The summed E-state index contributed by atoms with van der Waals surface area (Å²) in [5, 5.41) is 12.7. The van der Waals surface area contributed by atoms with Crippen molar-refractivity contribution >= 4 is 12.1 Å². The quantitative estimate of drug-likeness (QED) is 0.471. The molecule has 0 aromatic carbocycles. The molecule has 1 unspecified atom stereocenters. The zero-order chi connectivity index (χ0) is 9.68. The van der Waals surface area contributed by atoms with Crippen LogP contribution in [0.2, 0.25) is 0 Å². The van der Waals surface area contributed by atoms with Crippen molar-refractivity contribution in [2.24, 2.45) is 5.16 Å². The summed E-state index contributed by atoms with van der Waals surface area (Å²) >= 11 is 0. The van der Waals surface area contributed by atoms with Crippen molar-refractivity contribution in [3.05, 3.63) is 0 Å². The van der Waals surface area contributed by atoms with Gasteiger partial charge in [-0.1, -0.05) is 5.16 Å². The molecule has 74 valence electrons. The number of amides is 1. The number of carbonyl (C=O) groups excluding carboxylic acids is 1. The number of oxime groups is 1. The highest BCUT2D eigenvalue weighted by Gasteiger charge is 2.20. The Morgan fingerprint density at radius 1 is 1.77 bits per heavy atom. The van der Waals surface area contributed by atoms with Gasteiger partial charge in [-0.25, -0.2) is 0 Å². The molecule has 1 N–H and O–H groups in total. The zero-order valence-corrected chi connectivity index (χ0v) is 7.64. The molecule has 1 aliphatic rings. The summed E-state index contributed by atoms with van der Waals surface area (Å²) in [5.74, 6) is -0.208. The van der Waals surface area contributed by atoms with Gasteiger partial charge in [-0.3, -0.25) is 4.79 Å². The van der Waals surface area contributed by atoms with E-state index in [4.69, 9.17) is 0 Å². The fraction of sp³-hybridized carbons (Fsp3) is 0.750. The Balaban J connectivity index is 2.41. The normalized spacial score (nSPS) is 23.5. The number of likely N-dealkylation sites (tertiary alicyclic amines) is 1. The van der Waals surface area contributed by atoms with E-state index < -0.39 is 6.10 Å². The molecule has 13 heavy (non-hydrogen) atoms. The molecule has 1 rings (SSSR count). The number of carbonyl (C=O) groups is 1. The number of hydrogen-bond acceptors (Lipinski definition) is 4. The molecule has 5 heteroatoms. The lowest BCUT2D eigenvalue weighted by Crippen LogP contribution is -2.42. The van der Waals surface area contributed by atoms with Gasteiger partial charge in [0, 0.05) is 13.1 Å². The number of β-amino-alcohol motifs (C(OH)–C–C–N with tert-alkyl or cyclic N) is 1. The highest BCUT2D eigenvalue weighted by atomic mass is 16.6. The summed E-state index contributed by atoms with van der Waals surface area (Å²) in [4.78, 5) is 17.2. The van der Waals surface area contributed by atoms with Crippen LogP contribution < -0.4 is 0 Å². The summed E-state index contributed by atoms with van der Waals surface area (Å²) < 4.78 is 0. The number of hydrogen-bond donors (Lipinski definition) is 1. The number of nitrogens with zero attached hydrogens (tertiary/aromatic N) is 2. The van der Waals surface area contributed by atoms with Crippen LogP contribution in [0.1, 0.15) is 12.8 Å². The maximum atomic E-state index is 11.3.